The summed E-state index contributed by atoms with van der Waals surface area (Å²) >= 11 is 0. The van der Waals surface area contributed by atoms with E-state index in [1.165, 1.54) is 0 Å². The maximum Gasteiger partial charge on any atom is 0.334 e. The van der Waals surface area contributed by atoms with Crippen molar-refractivity contribution < 1.29 is 29.2 Å². The summed E-state index contributed by atoms with van der Waals surface area (Å²) in [5.41, 5.74) is -2.01. The molecule has 0 aromatic rings. The topological polar surface area (TPSA) is 85.4 Å². The monoisotopic (exact) mass is 364 g/mol. The van der Waals surface area contributed by atoms with Crippen LogP contribution in [0.25, 0.3) is 0 Å². The van der Waals surface area contributed by atoms with Gasteiger partial charge in [0, 0.05) is 12.0 Å². The van der Waals surface area contributed by atoms with E-state index >= 15 is 0 Å². The lowest BCUT2D eigenvalue weighted by Crippen LogP contribution is -2.40. The molecule has 2 heterocycles. The van der Waals surface area contributed by atoms with Crippen molar-refractivity contribution in [2.24, 2.45) is 5.92 Å². The molecule has 0 aromatic carbocycles. The van der Waals surface area contributed by atoms with Crippen LogP contribution in [0.2, 0.25) is 0 Å². The highest BCUT2D eigenvalue weighted by atomic mass is 17.1. The van der Waals surface area contributed by atoms with Gasteiger partial charge in [-0.1, -0.05) is 18.7 Å². The maximum atomic E-state index is 12.8. The smallest absolute Gasteiger partial charge is 0.334 e. The molecular weight excluding hydrogens is 336 g/mol. The minimum absolute atomic E-state index is 0.0333. The number of ether oxygens (including phenoxy) is 2. The standard InChI is InChI=1S/C20H28O6/c1-13-14-6-11-19(3,25-17(13)22)15(21)7-10-18(2,26-23)8-5-9-20(4)16(12-14)24-20/h5,8,14,16,23H,1,6-7,9-12H2,2-4H3/b8-5+/t14-,16+,18-,19-,20+/m1/s1. The quantitative estimate of drug-likeness (QED) is 0.192. The maximum absolute atomic E-state index is 12.8. The average Bonchev–Trinajstić information content (AvgIpc) is 3.25. The molecule has 6 nitrogen and oxygen atoms in total. The minimum Gasteiger partial charge on any atom is -0.448 e. The zero-order valence-electron chi connectivity index (χ0n) is 15.7. The van der Waals surface area contributed by atoms with E-state index in [-0.39, 0.29) is 36.2 Å². The number of rotatable bonds is 1. The van der Waals surface area contributed by atoms with Crippen molar-refractivity contribution in [3.05, 3.63) is 24.3 Å². The van der Waals surface area contributed by atoms with Crippen molar-refractivity contribution in [3.8, 4) is 0 Å². The summed E-state index contributed by atoms with van der Waals surface area (Å²) < 4.78 is 11.4. The highest BCUT2D eigenvalue weighted by Crippen LogP contribution is 2.46. The fraction of sp³-hybridized carbons (Fsp3) is 0.700. The van der Waals surface area contributed by atoms with Crippen LogP contribution in [0.4, 0.5) is 0 Å². The van der Waals surface area contributed by atoms with Gasteiger partial charge in [0.15, 0.2) is 11.4 Å². The first-order valence-corrected chi connectivity index (χ1v) is 9.24. The van der Waals surface area contributed by atoms with Gasteiger partial charge in [-0.15, -0.1) is 0 Å². The molecule has 3 aliphatic rings. The molecule has 3 rings (SSSR count). The third-order valence-electron chi connectivity index (χ3n) is 6.22. The zero-order valence-corrected chi connectivity index (χ0v) is 15.7. The van der Waals surface area contributed by atoms with E-state index in [2.05, 4.69) is 11.5 Å². The number of carbonyl (C=O) groups excluding carboxylic acids is 2. The first-order chi connectivity index (χ1) is 12.1. The molecule has 0 aromatic heterocycles. The van der Waals surface area contributed by atoms with Crippen LogP contribution in [0.15, 0.2) is 24.3 Å². The summed E-state index contributed by atoms with van der Waals surface area (Å²) in [6.07, 6.45) is 6.64. The van der Waals surface area contributed by atoms with Gasteiger partial charge in [0.25, 0.3) is 0 Å². The lowest BCUT2D eigenvalue weighted by molar-refractivity contribution is -0.304. The molecule has 2 fully saturated rings. The second-order valence-electron chi connectivity index (χ2n) is 8.47. The Labute approximate surface area is 154 Å². The lowest BCUT2D eigenvalue weighted by Gasteiger charge is -2.28. The first-order valence-electron chi connectivity index (χ1n) is 9.24. The Hall–Kier alpha value is -1.50. The van der Waals surface area contributed by atoms with Crippen molar-refractivity contribution in [3.63, 3.8) is 0 Å². The molecule has 1 N–H and O–H groups in total. The molecule has 1 aliphatic carbocycles. The van der Waals surface area contributed by atoms with E-state index in [0.717, 1.165) is 0 Å². The summed E-state index contributed by atoms with van der Waals surface area (Å²) in [4.78, 5) is 29.9. The minimum atomic E-state index is -1.17. The third kappa shape index (κ3) is 3.63. The van der Waals surface area contributed by atoms with Crippen molar-refractivity contribution >= 4 is 11.8 Å². The van der Waals surface area contributed by atoms with Gasteiger partial charge in [-0.2, -0.15) is 0 Å². The number of carbonyl (C=O) groups is 2. The normalized spacial score (nSPS) is 45.3. The van der Waals surface area contributed by atoms with E-state index in [0.29, 0.717) is 31.3 Å². The molecule has 0 unspecified atom stereocenters. The highest BCUT2D eigenvalue weighted by Gasteiger charge is 2.53. The summed E-state index contributed by atoms with van der Waals surface area (Å²) in [6, 6.07) is 0. The number of fused-ring (bicyclic) bond motifs is 4. The fourth-order valence-electron chi connectivity index (χ4n) is 3.92. The van der Waals surface area contributed by atoms with Gasteiger partial charge in [0.05, 0.1) is 11.7 Å². The second-order valence-corrected chi connectivity index (χ2v) is 8.47. The van der Waals surface area contributed by atoms with Gasteiger partial charge < -0.3 is 9.47 Å². The molecule has 5 atom stereocenters. The number of ketones is 1. The summed E-state index contributed by atoms with van der Waals surface area (Å²) in [5.74, 6) is -0.706. The zero-order chi connectivity index (χ0) is 19.2. The Morgan fingerprint density at radius 1 is 1.27 bits per heavy atom. The molecule has 2 saturated heterocycles. The largest absolute Gasteiger partial charge is 0.448 e. The summed E-state index contributed by atoms with van der Waals surface area (Å²) in [7, 11) is 0. The van der Waals surface area contributed by atoms with Crippen molar-refractivity contribution in [2.75, 3.05) is 0 Å². The molecule has 144 valence electrons. The number of Topliss-reactive ketones (excluding diaryl/α,β-unsaturated/α-hetero) is 1. The van der Waals surface area contributed by atoms with Crippen molar-refractivity contribution in [1.82, 2.24) is 0 Å². The van der Waals surface area contributed by atoms with Crippen molar-refractivity contribution in [1.29, 1.82) is 0 Å². The Morgan fingerprint density at radius 2 is 2.00 bits per heavy atom. The molecule has 0 spiro atoms. The summed E-state index contributed by atoms with van der Waals surface area (Å²) in [6.45, 7) is 9.34. The van der Waals surface area contributed by atoms with E-state index in [1.54, 1.807) is 19.9 Å². The van der Waals surface area contributed by atoms with E-state index in [4.69, 9.17) is 9.47 Å². The van der Waals surface area contributed by atoms with Crippen LogP contribution >= 0.6 is 0 Å². The number of esters is 1. The molecule has 0 saturated carbocycles. The Kier molecular flexibility index (Phi) is 4.88. The van der Waals surface area contributed by atoms with Crippen LogP contribution in [0.1, 0.15) is 59.3 Å². The van der Waals surface area contributed by atoms with Crippen LogP contribution in [-0.4, -0.2) is 39.9 Å². The molecule has 0 amide bonds. The van der Waals surface area contributed by atoms with Gasteiger partial charge in [-0.3, -0.25) is 10.1 Å². The average molecular weight is 364 g/mol. The van der Waals surface area contributed by atoms with Crippen LogP contribution in [0.5, 0.6) is 0 Å². The SMILES string of the molecule is C=C1C(=O)O[C@]2(C)CC[C@@H]1C[C@@H]1O[C@@]1(C)C/C=C/[C@@](C)(OO)CCC2=O. The van der Waals surface area contributed by atoms with Crippen LogP contribution in [0.3, 0.4) is 0 Å². The lowest BCUT2D eigenvalue weighted by atomic mass is 9.82. The Morgan fingerprint density at radius 3 is 2.69 bits per heavy atom. The van der Waals surface area contributed by atoms with E-state index in [9.17, 15) is 14.8 Å². The van der Waals surface area contributed by atoms with Gasteiger partial charge in [0.2, 0.25) is 0 Å². The van der Waals surface area contributed by atoms with Gasteiger partial charge in [0.1, 0.15) is 5.60 Å². The summed E-state index contributed by atoms with van der Waals surface area (Å²) in [5, 5.41) is 9.31. The van der Waals surface area contributed by atoms with E-state index < -0.39 is 17.2 Å². The molecule has 26 heavy (non-hydrogen) atoms. The first kappa shape index (κ1) is 19.3. The fourth-order valence-corrected chi connectivity index (χ4v) is 3.92. The highest BCUT2D eigenvalue weighted by molar-refractivity contribution is 5.94. The predicted molar refractivity (Wildman–Crippen MR) is 94.4 cm³/mol. The van der Waals surface area contributed by atoms with Crippen LogP contribution in [0, 0.1) is 5.92 Å². The van der Waals surface area contributed by atoms with Crippen molar-refractivity contribution in [2.45, 2.75) is 82.2 Å². The Balaban J connectivity index is 1.90. The van der Waals surface area contributed by atoms with Gasteiger partial charge in [-0.05, 0) is 58.8 Å². The van der Waals surface area contributed by atoms with E-state index in [1.807, 2.05) is 13.0 Å². The Bertz CT molecular complexity index is 655. The number of epoxide rings is 1. The number of hydrogen-bond acceptors (Lipinski definition) is 6. The van der Waals surface area contributed by atoms with Crippen LogP contribution in [-0.2, 0) is 24.0 Å². The van der Waals surface area contributed by atoms with Gasteiger partial charge >= 0.3 is 5.97 Å². The molecule has 2 bridgehead atoms. The number of hydrogen-bond donors (Lipinski definition) is 1. The second kappa shape index (κ2) is 6.59. The molecule has 2 aliphatic heterocycles. The van der Waals surface area contributed by atoms with Gasteiger partial charge in [-0.25, -0.2) is 9.68 Å². The van der Waals surface area contributed by atoms with Crippen LogP contribution < -0.4 is 0 Å². The molecular formula is C20H28O6. The molecule has 6 heteroatoms. The molecule has 0 radical (unpaired) electrons. The third-order valence-corrected chi connectivity index (χ3v) is 6.22. The predicted octanol–water partition coefficient (Wildman–Crippen LogP) is 3.36.